The third-order valence-electron chi connectivity index (χ3n) is 5.11. The van der Waals surface area contributed by atoms with Crippen LogP contribution in [0.15, 0.2) is 18.2 Å². The Labute approximate surface area is 162 Å². The van der Waals surface area contributed by atoms with Gasteiger partial charge in [0.25, 0.3) is 0 Å². The maximum Gasteiger partial charge on any atom is 0.226 e. The predicted molar refractivity (Wildman–Crippen MR) is 108 cm³/mol. The van der Waals surface area contributed by atoms with Gasteiger partial charge in [0.2, 0.25) is 11.8 Å². The Morgan fingerprint density at radius 3 is 2.30 bits per heavy atom. The van der Waals surface area contributed by atoms with Crippen LogP contribution < -0.4 is 5.32 Å². The van der Waals surface area contributed by atoms with Crippen molar-refractivity contribution >= 4 is 17.5 Å². The predicted octanol–water partition coefficient (Wildman–Crippen LogP) is 2.32. The van der Waals surface area contributed by atoms with E-state index in [4.69, 9.17) is 4.74 Å². The van der Waals surface area contributed by atoms with Crippen LogP contribution in [0.2, 0.25) is 0 Å². The topological polar surface area (TPSA) is 61.9 Å². The third-order valence-corrected chi connectivity index (χ3v) is 5.11. The molecule has 1 aromatic rings. The largest absolute Gasteiger partial charge is 0.379 e. The molecule has 1 saturated heterocycles. The van der Waals surface area contributed by atoms with Gasteiger partial charge in [-0.3, -0.25) is 14.5 Å². The molecule has 0 unspecified atom stereocenters. The Hall–Kier alpha value is -1.92. The molecule has 27 heavy (non-hydrogen) atoms. The lowest BCUT2D eigenvalue weighted by Crippen LogP contribution is -2.43. The van der Waals surface area contributed by atoms with Crippen molar-refractivity contribution in [1.29, 1.82) is 0 Å². The van der Waals surface area contributed by atoms with E-state index in [1.54, 1.807) is 11.8 Å². The van der Waals surface area contributed by atoms with Crippen LogP contribution in [0.1, 0.15) is 38.3 Å². The molecule has 1 heterocycles. The van der Waals surface area contributed by atoms with Crippen molar-refractivity contribution in [2.45, 2.75) is 40.0 Å². The van der Waals surface area contributed by atoms with Gasteiger partial charge in [-0.25, -0.2) is 0 Å². The summed E-state index contributed by atoms with van der Waals surface area (Å²) in [6.07, 6.45) is 2.06. The molecule has 6 nitrogen and oxygen atoms in total. The van der Waals surface area contributed by atoms with Gasteiger partial charge in [-0.15, -0.1) is 0 Å². The molecule has 1 aliphatic heterocycles. The Morgan fingerprint density at radius 1 is 1.11 bits per heavy atom. The highest BCUT2D eigenvalue weighted by atomic mass is 16.5. The Balaban J connectivity index is 1.87. The first-order chi connectivity index (χ1) is 13.0. The highest BCUT2D eigenvalue weighted by molar-refractivity contribution is 5.92. The van der Waals surface area contributed by atoms with Crippen LogP contribution in [0.25, 0.3) is 0 Å². The minimum Gasteiger partial charge on any atom is -0.379 e. The summed E-state index contributed by atoms with van der Waals surface area (Å²) in [7, 11) is 0. The van der Waals surface area contributed by atoms with E-state index in [2.05, 4.69) is 36.2 Å². The number of nitrogens with one attached hydrogen (secondary N) is 1. The average molecular weight is 376 g/mol. The SMILES string of the molecule is CCc1cccc(CC)c1NC(=O)CCN(CCN1CCOCC1)C(C)=O. The summed E-state index contributed by atoms with van der Waals surface area (Å²) in [5.41, 5.74) is 3.24. The smallest absolute Gasteiger partial charge is 0.226 e. The number of morpholine rings is 1. The molecule has 1 aliphatic rings. The second kappa shape index (κ2) is 11.0. The first kappa shape index (κ1) is 21.4. The van der Waals surface area contributed by atoms with Crippen molar-refractivity contribution in [2.24, 2.45) is 0 Å². The van der Waals surface area contributed by atoms with Crippen LogP contribution in [0.3, 0.4) is 0 Å². The molecule has 2 amide bonds. The number of nitrogens with zero attached hydrogens (tertiary/aromatic N) is 2. The number of carbonyl (C=O) groups is 2. The molecule has 0 aromatic heterocycles. The van der Waals surface area contributed by atoms with E-state index in [-0.39, 0.29) is 11.8 Å². The molecule has 0 radical (unpaired) electrons. The molecule has 6 heteroatoms. The van der Waals surface area contributed by atoms with Crippen LogP contribution in [-0.4, -0.2) is 67.6 Å². The number of para-hydroxylation sites is 1. The molecule has 1 fully saturated rings. The summed E-state index contributed by atoms with van der Waals surface area (Å²) in [5.74, 6) is -0.0255. The van der Waals surface area contributed by atoms with Crippen molar-refractivity contribution < 1.29 is 14.3 Å². The summed E-state index contributed by atoms with van der Waals surface area (Å²) in [6.45, 7) is 11.0. The number of carbonyl (C=O) groups excluding carboxylic acids is 2. The van der Waals surface area contributed by atoms with Crippen molar-refractivity contribution in [3.05, 3.63) is 29.3 Å². The fourth-order valence-corrected chi connectivity index (χ4v) is 3.36. The summed E-state index contributed by atoms with van der Waals surface area (Å²) in [6, 6.07) is 6.15. The number of rotatable bonds is 9. The van der Waals surface area contributed by atoms with Gasteiger partial charge in [0.05, 0.1) is 13.2 Å². The number of ether oxygens (including phenoxy) is 1. The zero-order valence-corrected chi connectivity index (χ0v) is 16.9. The Kier molecular flexibility index (Phi) is 8.75. The second-order valence-electron chi connectivity index (χ2n) is 6.92. The molecular weight excluding hydrogens is 342 g/mol. The molecule has 0 bridgehead atoms. The monoisotopic (exact) mass is 375 g/mol. The minimum absolute atomic E-state index is 0.0132. The normalized spacial score (nSPS) is 14.8. The third kappa shape index (κ3) is 6.63. The molecule has 0 atom stereocenters. The van der Waals surface area contributed by atoms with Gasteiger partial charge in [-0.05, 0) is 24.0 Å². The summed E-state index contributed by atoms with van der Waals surface area (Å²) >= 11 is 0. The Morgan fingerprint density at radius 2 is 1.74 bits per heavy atom. The van der Waals surface area contributed by atoms with E-state index in [1.807, 2.05) is 6.07 Å². The minimum atomic E-state index is -0.0387. The van der Waals surface area contributed by atoms with Crippen LogP contribution in [0, 0.1) is 0 Å². The highest BCUT2D eigenvalue weighted by Gasteiger charge is 2.16. The lowest BCUT2D eigenvalue weighted by Gasteiger charge is -2.29. The van der Waals surface area contributed by atoms with Gasteiger partial charge in [0.15, 0.2) is 0 Å². The molecule has 0 saturated carbocycles. The van der Waals surface area contributed by atoms with E-state index in [0.717, 1.165) is 62.5 Å². The van der Waals surface area contributed by atoms with E-state index in [9.17, 15) is 9.59 Å². The van der Waals surface area contributed by atoms with E-state index in [1.165, 1.54) is 0 Å². The lowest BCUT2D eigenvalue weighted by molar-refractivity contribution is -0.129. The first-order valence-corrected chi connectivity index (χ1v) is 10.0. The number of amides is 2. The summed E-state index contributed by atoms with van der Waals surface area (Å²) in [4.78, 5) is 28.5. The van der Waals surface area contributed by atoms with Gasteiger partial charge in [0.1, 0.15) is 0 Å². The number of hydrogen-bond donors (Lipinski definition) is 1. The van der Waals surface area contributed by atoms with Crippen molar-refractivity contribution in [3.63, 3.8) is 0 Å². The maximum atomic E-state index is 12.5. The van der Waals surface area contributed by atoms with Crippen LogP contribution in [0.5, 0.6) is 0 Å². The van der Waals surface area contributed by atoms with E-state index in [0.29, 0.717) is 19.5 Å². The first-order valence-electron chi connectivity index (χ1n) is 10.0. The zero-order chi connectivity index (χ0) is 19.6. The molecule has 0 aliphatic carbocycles. The summed E-state index contributed by atoms with van der Waals surface area (Å²) in [5, 5.41) is 3.08. The average Bonchev–Trinajstić information content (AvgIpc) is 2.68. The van der Waals surface area contributed by atoms with Crippen LogP contribution in [0.4, 0.5) is 5.69 Å². The van der Waals surface area contributed by atoms with Crippen LogP contribution >= 0.6 is 0 Å². The molecule has 1 aromatic carbocycles. The van der Waals surface area contributed by atoms with Gasteiger partial charge < -0.3 is 15.0 Å². The Bertz CT molecular complexity index is 605. The fraction of sp³-hybridized carbons (Fsp3) is 0.619. The van der Waals surface area contributed by atoms with Gasteiger partial charge >= 0.3 is 0 Å². The number of benzene rings is 1. The van der Waals surface area contributed by atoms with Crippen molar-refractivity contribution in [2.75, 3.05) is 51.3 Å². The lowest BCUT2D eigenvalue weighted by atomic mass is 10.0. The zero-order valence-electron chi connectivity index (χ0n) is 16.9. The molecule has 2 rings (SSSR count). The quantitative estimate of drug-likeness (QED) is 0.720. The number of aryl methyl sites for hydroxylation is 2. The van der Waals surface area contributed by atoms with Gasteiger partial charge in [-0.2, -0.15) is 0 Å². The molecule has 0 spiro atoms. The molecule has 1 N–H and O–H groups in total. The van der Waals surface area contributed by atoms with E-state index >= 15 is 0 Å². The fourth-order valence-electron chi connectivity index (χ4n) is 3.36. The molecular formula is C21H33N3O3. The van der Waals surface area contributed by atoms with Gasteiger partial charge in [0, 0.05) is 51.8 Å². The highest BCUT2D eigenvalue weighted by Crippen LogP contribution is 2.22. The standard InChI is InChI=1S/C21H33N3O3/c1-4-18-7-6-8-19(5-2)21(18)22-20(26)9-10-24(17(3)25)12-11-23-13-15-27-16-14-23/h6-8H,4-5,9-16H2,1-3H3,(H,22,26). The second-order valence-corrected chi connectivity index (χ2v) is 6.92. The van der Waals surface area contributed by atoms with Crippen molar-refractivity contribution in [1.82, 2.24) is 9.80 Å². The van der Waals surface area contributed by atoms with Crippen LogP contribution in [-0.2, 0) is 27.2 Å². The maximum absolute atomic E-state index is 12.5. The number of hydrogen-bond acceptors (Lipinski definition) is 4. The summed E-state index contributed by atoms with van der Waals surface area (Å²) < 4.78 is 5.35. The van der Waals surface area contributed by atoms with Crippen molar-refractivity contribution in [3.8, 4) is 0 Å². The molecule has 150 valence electrons. The van der Waals surface area contributed by atoms with Gasteiger partial charge in [-0.1, -0.05) is 32.0 Å². The number of anilines is 1. The van der Waals surface area contributed by atoms with E-state index < -0.39 is 0 Å².